The molecule has 2 atom stereocenters. The third-order valence-electron chi connectivity index (χ3n) is 3.26. The van der Waals surface area contributed by atoms with Crippen LogP contribution in [0.2, 0.25) is 0 Å². The number of amidine groups is 1. The predicted octanol–water partition coefficient (Wildman–Crippen LogP) is 4.31. The van der Waals surface area contributed by atoms with Gasteiger partial charge in [0, 0.05) is 10.6 Å². The molecule has 1 N–H and O–H groups in total. The number of thioether (sulfide) groups is 1. The van der Waals surface area contributed by atoms with E-state index in [2.05, 4.69) is 43.6 Å². The Hall–Kier alpha value is -0.480. The topological polar surface area (TPSA) is 24.4 Å². The van der Waals surface area contributed by atoms with Crippen LogP contribution in [0.25, 0.3) is 0 Å². The molecule has 4 heteroatoms. The zero-order valence-electron chi connectivity index (χ0n) is 11.3. The molecule has 0 bridgehead atoms. The Balaban J connectivity index is 2.08. The molecule has 0 amide bonds. The number of nitrogens with zero attached hydrogens (tertiary/aromatic N) is 1. The number of aliphatic imine (C=N–C) groups is 1. The summed E-state index contributed by atoms with van der Waals surface area (Å²) in [5.74, 6) is 1.77. The van der Waals surface area contributed by atoms with Crippen LogP contribution in [0.4, 0.5) is 0 Å². The normalized spacial score (nSPS) is 21.8. The van der Waals surface area contributed by atoms with Crippen LogP contribution in [0, 0.1) is 5.92 Å². The highest BCUT2D eigenvalue weighted by Crippen LogP contribution is 2.28. The molecular formula is C14H22N2S2. The first-order chi connectivity index (χ1) is 8.70. The average Bonchev–Trinajstić information content (AvgIpc) is 2.89. The molecule has 2 rings (SSSR count). The van der Waals surface area contributed by atoms with Crippen molar-refractivity contribution >= 4 is 28.3 Å². The van der Waals surface area contributed by atoms with Gasteiger partial charge in [0.05, 0.1) is 12.1 Å². The Kier molecular flexibility index (Phi) is 5.13. The fourth-order valence-corrected chi connectivity index (χ4v) is 4.07. The minimum Gasteiger partial charge on any atom is -0.357 e. The quantitative estimate of drug-likeness (QED) is 0.890. The molecule has 100 valence electrons. The van der Waals surface area contributed by atoms with Crippen LogP contribution in [-0.2, 0) is 0 Å². The van der Waals surface area contributed by atoms with Crippen LogP contribution in [-0.4, -0.2) is 17.0 Å². The summed E-state index contributed by atoms with van der Waals surface area (Å²) >= 11 is 3.70. The van der Waals surface area contributed by atoms with Crippen LogP contribution >= 0.6 is 23.1 Å². The largest absolute Gasteiger partial charge is 0.357 e. The molecular weight excluding hydrogens is 260 g/mol. The zero-order valence-corrected chi connectivity index (χ0v) is 13.0. The van der Waals surface area contributed by atoms with E-state index < -0.39 is 0 Å². The highest BCUT2D eigenvalue weighted by atomic mass is 32.2. The van der Waals surface area contributed by atoms with E-state index >= 15 is 0 Å². The molecule has 0 spiro atoms. The lowest BCUT2D eigenvalue weighted by molar-refractivity contribution is 0.478. The van der Waals surface area contributed by atoms with E-state index in [0.29, 0.717) is 18.0 Å². The Morgan fingerprint density at radius 3 is 2.94 bits per heavy atom. The van der Waals surface area contributed by atoms with Crippen LogP contribution in [0.5, 0.6) is 0 Å². The van der Waals surface area contributed by atoms with E-state index in [0.717, 1.165) is 11.6 Å². The number of thiophene rings is 1. The number of rotatable bonds is 4. The lowest BCUT2D eigenvalue weighted by Gasteiger charge is -2.26. The van der Waals surface area contributed by atoms with Crippen molar-refractivity contribution in [2.45, 2.75) is 45.7 Å². The third kappa shape index (κ3) is 3.51. The Morgan fingerprint density at radius 1 is 1.50 bits per heavy atom. The summed E-state index contributed by atoms with van der Waals surface area (Å²) in [5.41, 5.74) is 0. The monoisotopic (exact) mass is 282 g/mol. The standard InChI is InChI=1S/C14H22N2S2/c1-4-11-7-9-18-14(15-11)16-13(10(2)3)12-6-5-8-17-12/h5-6,8,10-11,13H,4,7,9H2,1-3H3,(H,15,16). The summed E-state index contributed by atoms with van der Waals surface area (Å²) in [5, 5.41) is 6.93. The van der Waals surface area contributed by atoms with Crippen LogP contribution < -0.4 is 5.32 Å². The number of hydrogen-bond donors (Lipinski definition) is 1. The Morgan fingerprint density at radius 2 is 2.33 bits per heavy atom. The fraction of sp³-hybridized carbons (Fsp3) is 0.643. The minimum absolute atomic E-state index is 0.395. The summed E-state index contributed by atoms with van der Waals surface area (Å²) in [6.07, 6.45) is 2.37. The molecule has 0 fully saturated rings. The number of hydrogen-bond acceptors (Lipinski definition) is 4. The second kappa shape index (κ2) is 6.62. The molecule has 0 radical (unpaired) electrons. The lowest BCUT2D eigenvalue weighted by atomic mass is 10.0. The van der Waals surface area contributed by atoms with Gasteiger partial charge in [-0.1, -0.05) is 38.6 Å². The molecule has 18 heavy (non-hydrogen) atoms. The van der Waals surface area contributed by atoms with Gasteiger partial charge in [-0.05, 0) is 30.2 Å². The first kappa shape index (κ1) is 13.9. The van der Waals surface area contributed by atoms with Crippen molar-refractivity contribution in [1.82, 2.24) is 5.32 Å². The summed E-state index contributed by atoms with van der Waals surface area (Å²) in [4.78, 5) is 6.21. The van der Waals surface area contributed by atoms with Crippen molar-refractivity contribution in [2.24, 2.45) is 10.9 Å². The van der Waals surface area contributed by atoms with Crippen LogP contribution in [0.15, 0.2) is 22.5 Å². The Bertz CT molecular complexity index is 385. The first-order valence-electron chi connectivity index (χ1n) is 6.71. The van der Waals surface area contributed by atoms with Crippen molar-refractivity contribution in [2.75, 3.05) is 5.75 Å². The maximum absolute atomic E-state index is 4.81. The maximum atomic E-state index is 4.81. The molecule has 0 saturated heterocycles. The smallest absolute Gasteiger partial charge is 0.157 e. The van der Waals surface area contributed by atoms with Crippen molar-refractivity contribution in [1.29, 1.82) is 0 Å². The van der Waals surface area contributed by atoms with E-state index in [1.54, 1.807) is 0 Å². The van der Waals surface area contributed by atoms with Gasteiger partial charge in [-0.3, -0.25) is 4.99 Å². The van der Waals surface area contributed by atoms with Gasteiger partial charge in [-0.25, -0.2) is 0 Å². The fourth-order valence-electron chi connectivity index (χ4n) is 2.10. The first-order valence-corrected chi connectivity index (χ1v) is 8.57. The summed E-state index contributed by atoms with van der Waals surface area (Å²) in [7, 11) is 0. The lowest BCUT2D eigenvalue weighted by Crippen LogP contribution is -2.32. The van der Waals surface area contributed by atoms with Gasteiger partial charge < -0.3 is 5.32 Å². The van der Waals surface area contributed by atoms with Crippen LogP contribution in [0.1, 0.15) is 44.5 Å². The van der Waals surface area contributed by atoms with E-state index in [1.807, 2.05) is 23.1 Å². The molecule has 1 aromatic heterocycles. The van der Waals surface area contributed by atoms with E-state index in [-0.39, 0.29) is 0 Å². The van der Waals surface area contributed by atoms with Crippen molar-refractivity contribution in [3.63, 3.8) is 0 Å². The molecule has 2 heterocycles. The van der Waals surface area contributed by atoms with Crippen LogP contribution in [0.3, 0.4) is 0 Å². The zero-order chi connectivity index (χ0) is 13.0. The van der Waals surface area contributed by atoms with Gasteiger partial charge in [0.15, 0.2) is 5.17 Å². The molecule has 1 aromatic rings. The van der Waals surface area contributed by atoms with Gasteiger partial charge >= 0.3 is 0 Å². The molecule has 2 unspecified atom stereocenters. The Labute approximate surface area is 118 Å². The molecule has 1 aliphatic heterocycles. The van der Waals surface area contributed by atoms with Crippen molar-refractivity contribution < 1.29 is 0 Å². The van der Waals surface area contributed by atoms with E-state index in [4.69, 9.17) is 4.99 Å². The van der Waals surface area contributed by atoms with Gasteiger partial charge in [0.25, 0.3) is 0 Å². The van der Waals surface area contributed by atoms with Crippen molar-refractivity contribution in [3.05, 3.63) is 22.4 Å². The van der Waals surface area contributed by atoms with Gasteiger partial charge in [-0.15, -0.1) is 11.3 Å². The maximum Gasteiger partial charge on any atom is 0.157 e. The average molecular weight is 282 g/mol. The molecule has 1 aliphatic rings. The second-order valence-corrected chi connectivity index (χ2v) is 7.08. The van der Waals surface area contributed by atoms with Gasteiger partial charge in [-0.2, -0.15) is 0 Å². The SMILES string of the molecule is CCC1CCSC(NC(c2cccs2)C(C)C)=N1. The van der Waals surface area contributed by atoms with Gasteiger partial charge in [0.2, 0.25) is 0 Å². The molecule has 0 saturated carbocycles. The highest BCUT2D eigenvalue weighted by Gasteiger charge is 2.21. The highest BCUT2D eigenvalue weighted by molar-refractivity contribution is 8.13. The summed E-state index contributed by atoms with van der Waals surface area (Å²) in [6.45, 7) is 6.76. The number of nitrogens with one attached hydrogen (secondary N) is 1. The molecule has 2 nitrogen and oxygen atoms in total. The second-order valence-electron chi connectivity index (χ2n) is 5.01. The van der Waals surface area contributed by atoms with E-state index in [9.17, 15) is 0 Å². The molecule has 0 aromatic carbocycles. The van der Waals surface area contributed by atoms with Crippen molar-refractivity contribution in [3.8, 4) is 0 Å². The molecule has 0 aliphatic carbocycles. The summed E-state index contributed by atoms with van der Waals surface area (Å²) < 4.78 is 0. The third-order valence-corrected chi connectivity index (χ3v) is 5.15. The summed E-state index contributed by atoms with van der Waals surface area (Å²) in [6, 6.07) is 5.26. The predicted molar refractivity (Wildman–Crippen MR) is 83.6 cm³/mol. The van der Waals surface area contributed by atoms with Gasteiger partial charge in [0.1, 0.15) is 0 Å². The minimum atomic E-state index is 0.395. The van der Waals surface area contributed by atoms with E-state index in [1.165, 1.54) is 17.1 Å².